The number of nitrogens with one attached hydrogen (secondary N) is 1. The summed E-state index contributed by atoms with van der Waals surface area (Å²) in [6.45, 7) is 6.22. The van der Waals surface area contributed by atoms with Crippen molar-refractivity contribution >= 4 is 5.69 Å². The Morgan fingerprint density at radius 2 is 2.00 bits per heavy atom. The number of benzene rings is 1. The average Bonchev–Trinajstić information content (AvgIpc) is 3.31. The van der Waals surface area contributed by atoms with Gasteiger partial charge in [0.2, 0.25) is 0 Å². The summed E-state index contributed by atoms with van der Waals surface area (Å²) >= 11 is 0. The summed E-state index contributed by atoms with van der Waals surface area (Å²) in [6.07, 6.45) is 3.08. The summed E-state index contributed by atoms with van der Waals surface area (Å²) in [6, 6.07) is 10.8. The molecule has 0 radical (unpaired) electrons. The van der Waals surface area contributed by atoms with Crippen molar-refractivity contribution in [3.63, 3.8) is 0 Å². The molecule has 0 unspecified atom stereocenters. The van der Waals surface area contributed by atoms with Crippen LogP contribution in [0.4, 0.5) is 5.69 Å². The standard InChI is InChI=1S/C20H28N4O2/c1-23-19(6-8-22-23)20-17(7-11-26-20)15-21-14-16-4-2-3-5-18(16)24-9-12-25-13-10-24/h2-6,8,17,20-21H,7,9-15H2,1H3/t17-,20+/m0/s1. The third-order valence-corrected chi connectivity index (χ3v) is 5.43. The number of nitrogens with zero attached hydrogens (tertiary/aromatic N) is 3. The number of ether oxygens (including phenoxy) is 2. The van der Waals surface area contributed by atoms with Crippen molar-refractivity contribution in [3.05, 3.63) is 47.8 Å². The Hall–Kier alpha value is -1.89. The van der Waals surface area contributed by atoms with Gasteiger partial charge < -0.3 is 19.7 Å². The lowest BCUT2D eigenvalue weighted by molar-refractivity contribution is 0.0838. The smallest absolute Gasteiger partial charge is 0.103 e. The van der Waals surface area contributed by atoms with E-state index >= 15 is 0 Å². The van der Waals surface area contributed by atoms with Crippen LogP contribution in [0.25, 0.3) is 0 Å². The zero-order valence-electron chi connectivity index (χ0n) is 15.4. The fourth-order valence-electron chi connectivity index (χ4n) is 4.00. The molecule has 2 saturated heterocycles. The molecule has 140 valence electrons. The zero-order valence-corrected chi connectivity index (χ0v) is 15.4. The number of aromatic nitrogens is 2. The zero-order chi connectivity index (χ0) is 17.8. The third kappa shape index (κ3) is 3.77. The van der Waals surface area contributed by atoms with E-state index in [9.17, 15) is 0 Å². The van der Waals surface area contributed by atoms with E-state index in [0.29, 0.717) is 5.92 Å². The van der Waals surface area contributed by atoms with E-state index in [0.717, 1.165) is 52.4 Å². The van der Waals surface area contributed by atoms with Crippen LogP contribution in [0.15, 0.2) is 36.5 Å². The quantitative estimate of drug-likeness (QED) is 0.859. The molecule has 3 heterocycles. The number of aryl methyl sites for hydroxylation is 1. The fourth-order valence-corrected chi connectivity index (χ4v) is 4.00. The molecule has 4 rings (SSSR count). The first-order valence-electron chi connectivity index (χ1n) is 9.54. The Morgan fingerprint density at radius 3 is 2.81 bits per heavy atom. The molecule has 0 saturated carbocycles. The predicted molar refractivity (Wildman–Crippen MR) is 101 cm³/mol. The topological polar surface area (TPSA) is 51.5 Å². The first-order chi connectivity index (χ1) is 12.8. The van der Waals surface area contributed by atoms with Gasteiger partial charge in [0.15, 0.2) is 0 Å². The fraction of sp³-hybridized carbons (Fsp3) is 0.550. The van der Waals surface area contributed by atoms with Crippen molar-refractivity contribution in [2.75, 3.05) is 44.4 Å². The number of morpholine rings is 1. The molecule has 2 atom stereocenters. The molecule has 0 amide bonds. The van der Waals surface area contributed by atoms with Gasteiger partial charge in [-0.25, -0.2) is 0 Å². The summed E-state index contributed by atoms with van der Waals surface area (Å²) in [7, 11) is 1.99. The van der Waals surface area contributed by atoms with Gasteiger partial charge in [-0.3, -0.25) is 4.68 Å². The lowest BCUT2D eigenvalue weighted by atomic mass is 9.98. The highest BCUT2D eigenvalue weighted by Gasteiger charge is 2.31. The summed E-state index contributed by atoms with van der Waals surface area (Å²) < 4.78 is 13.4. The van der Waals surface area contributed by atoms with Gasteiger partial charge in [-0.2, -0.15) is 5.10 Å². The van der Waals surface area contributed by atoms with Gasteiger partial charge in [-0.05, 0) is 24.1 Å². The Labute approximate surface area is 155 Å². The van der Waals surface area contributed by atoms with Gasteiger partial charge in [0.25, 0.3) is 0 Å². The first kappa shape index (κ1) is 17.5. The molecule has 0 bridgehead atoms. The summed E-state index contributed by atoms with van der Waals surface area (Å²) in [5.74, 6) is 0.487. The second kappa shape index (κ2) is 8.20. The highest BCUT2D eigenvalue weighted by Crippen LogP contribution is 2.33. The maximum absolute atomic E-state index is 5.99. The molecular formula is C20H28N4O2. The highest BCUT2D eigenvalue weighted by atomic mass is 16.5. The molecule has 2 aliphatic heterocycles. The first-order valence-corrected chi connectivity index (χ1v) is 9.54. The molecule has 0 spiro atoms. The molecule has 2 aromatic rings. The van der Waals surface area contributed by atoms with Crippen LogP contribution in [0.1, 0.15) is 23.8 Å². The van der Waals surface area contributed by atoms with Gasteiger partial charge in [-0.1, -0.05) is 18.2 Å². The van der Waals surface area contributed by atoms with Crippen LogP contribution in [0, 0.1) is 5.92 Å². The molecule has 6 nitrogen and oxygen atoms in total. The minimum atomic E-state index is 0.143. The van der Waals surface area contributed by atoms with Crippen LogP contribution < -0.4 is 10.2 Å². The molecule has 0 aliphatic carbocycles. The lowest BCUT2D eigenvalue weighted by Crippen LogP contribution is -2.37. The summed E-state index contributed by atoms with van der Waals surface area (Å²) in [4.78, 5) is 2.43. The van der Waals surface area contributed by atoms with Crippen molar-refractivity contribution in [1.82, 2.24) is 15.1 Å². The van der Waals surface area contributed by atoms with Crippen LogP contribution in [0.5, 0.6) is 0 Å². The Kier molecular flexibility index (Phi) is 5.53. The van der Waals surface area contributed by atoms with Crippen LogP contribution in [0.2, 0.25) is 0 Å². The van der Waals surface area contributed by atoms with Gasteiger partial charge >= 0.3 is 0 Å². The molecule has 1 N–H and O–H groups in total. The number of hydrogen-bond donors (Lipinski definition) is 1. The van der Waals surface area contributed by atoms with E-state index in [1.165, 1.54) is 16.9 Å². The van der Waals surface area contributed by atoms with Gasteiger partial charge in [0.1, 0.15) is 6.10 Å². The normalized spacial score (nSPS) is 23.5. The predicted octanol–water partition coefficient (Wildman–Crippen LogP) is 2.12. The van der Waals surface area contributed by atoms with E-state index < -0.39 is 0 Å². The summed E-state index contributed by atoms with van der Waals surface area (Å²) in [5, 5.41) is 7.95. The maximum atomic E-state index is 5.99. The minimum absolute atomic E-state index is 0.143. The second-order valence-corrected chi connectivity index (χ2v) is 7.08. The van der Waals surface area contributed by atoms with Gasteiger partial charge in [0, 0.05) is 57.6 Å². The summed E-state index contributed by atoms with van der Waals surface area (Å²) in [5.41, 5.74) is 3.85. The van der Waals surface area contributed by atoms with Crippen LogP contribution in [-0.4, -0.2) is 49.2 Å². The molecule has 1 aromatic heterocycles. The van der Waals surface area contributed by atoms with E-state index in [4.69, 9.17) is 9.47 Å². The van der Waals surface area contributed by atoms with Crippen LogP contribution >= 0.6 is 0 Å². The van der Waals surface area contributed by atoms with Gasteiger partial charge in [-0.15, -0.1) is 0 Å². The van der Waals surface area contributed by atoms with Crippen molar-refractivity contribution < 1.29 is 9.47 Å². The largest absolute Gasteiger partial charge is 0.378 e. The van der Waals surface area contributed by atoms with E-state index in [-0.39, 0.29) is 6.10 Å². The second-order valence-electron chi connectivity index (χ2n) is 7.08. The Balaban J connectivity index is 1.37. The minimum Gasteiger partial charge on any atom is -0.378 e. The Bertz CT molecular complexity index is 711. The third-order valence-electron chi connectivity index (χ3n) is 5.43. The number of hydrogen-bond acceptors (Lipinski definition) is 5. The van der Waals surface area contributed by atoms with Crippen LogP contribution in [0.3, 0.4) is 0 Å². The maximum Gasteiger partial charge on any atom is 0.103 e. The van der Waals surface area contributed by atoms with Crippen LogP contribution in [-0.2, 0) is 23.1 Å². The highest BCUT2D eigenvalue weighted by molar-refractivity contribution is 5.53. The monoisotopic (exact) mass is 356 g/mol. The van der Waals surface area contributed by atoms with Crippen molar-refractivity contribution in [2.45, 2.75) is 19.1 Å². The van der Waals surface area contributed by atoms with Crippen molar-refractivity contribution in [1.29, 1.82) is 0 Å². The molecule has 6 heteroatoms. The van der Waals surface area contributed by atoms with Crippen molar-refractivity contribution in [3.8, 4) is 0 Å². The molecular weight excluding hydrogens is 328 g/mol. The molecule has 26 heavy (non-hydrogen) atoms. The molecule has 1 aromatic carbocycles. The number of rotatable bonds is 6. The molecule has 2 aliphatic rings. The van der Waals surface area contributed by atoms with Gasteiger partial charge in [0.05, 0.1) is 18.9 Å². The van der Waals surface area contributed by atoms with E-state index in [1.54, 1.807) is 0 Å². The van der Waals surface area contributed by atoms with E-state index in [2.05, 4.69) is 45.6 Å². The lowest BCUT2D eigenvalue weighted by Gasteiger charge is -2.30. The van der Waals surface area contributed by atoms with Crippen molar-refractivity contribution in [2.24, 2.45) is 13.0 Å². The molecule has 2 fully saturated rings. The average molecular weight is 356 g/mol. The number of anilines is 1. The Morgan fingerprint density at radius 1 is 1.15 bits per heavy atom. The SMILES string of the molecule is Cn1nccc1[C@@H]1OCC[C@H]1CNCc1ccccc1N1CCOCC1. The number of para-hydroxylation sites is 1. The van der Waals surface area contributed by atoms with E-state index in [1.807, 2.05) is 17.9 Å².